The van der Waals surface area contributed by atoms with E-state index in [1.165, 1.54) is 48.7 Å². The van der Waals surface area contributed by atoms with E-state index < -0.39 is 0 Å². The van der Waals surface area contributed by atoms with Gasteiger partial charge < -0.3 is 0 Å². The Balaban J connectivity index is 2.06. The maximum absolute atomic E-state index is 2.44. The lowest BCUT2D eigenvalue weighted by Gasteiger charge is -2.16. The van der Waals surface area contributed by atoms with Crippen molar-refractivity contribution in [3.05, 3.63) is 82.7 Å². The van der Waals surface area contributed by atoms with Crippen LogP contribution in [0.1, 0.15) is 18.4 Å². The van der Waals surface area contributed by atoms with E-state index in [9.17, 15) is 0 Å². The van der Waals surface area contributed by atoms with Crippen molar-refractivity contribution in [2.45, 2.75) is 19.8 Å². The van der Waals surface area contributed by atoms with Crippen molar-refractivity contribution in [2.24, 2.45) is 0 Å². The Morgan fingerprint density at radius 1 is 0.600 bits per heavy atom. The van der Waals surface area contributed by atoms with Crippen molar-refractivity contribution >= 4 is 33.7 Å². The molecule has 1 aliphatic carbocycles. The van der Waals surface area contributed by atoms with Gasteiger partial charge in [-0.15, -0.1) is 0 Å². The summed E-state index contributed by atoms with van der Waals surface area (Å²) < 4.78 is 0. The van der Waals surface area contributed by atoms with Gasteiger partial charge >= 0.3 is 0 Å². The minimum absolute atomic E-state index is 1.13. The van der Waals surface area contributed by atoms with E-state index in [1.54, 1.807) is 0 Å². The smallest absolute Gasteiger partial charge is 0.00237 e. The molecule has 0 saturated heterocycles. The number of hydrogen-bond donors (Lipinski definition) is 0. The Hall–Kier alpha value is -2.86. The molecule has 0 aliphatic heterocycles. The first-order valence-electron chi connectivity index (χ1n) is 9.04. The summed E-state index contributed by atoms with van der Waals surface area (Å²) in [6, 6.07) is 24.3. The predicted octanol–water partition coefficient (Wildman–Crippen LogP) is 5.32. The maximum atomic E-state index is 2.44. The van der Waals surface area contributed by atoms with E-state index in [-0.39, 0.29) is 0 Å². The SMILES string of the molecule is Cc1c2c(c(-c3cccc4ccccc34)c3ccccc13)=CCCC=2. The van der Waals surface area contributed by atoms with Crippen LogP contribution in [-0.4, -0.2) is 0 Å². The average molecular weight is 320 g/mol. The van der Waals surface area contributed by atoms with Crippen LogP contribution in [0, 0.1) is 6.92 Å². The highest BCUT2D eigenvalue weighted by Crippen LogP contribution is 2.32. The standard InChI is InChI=1S/C25H20/c1-17-19-11-4-6-14-22(19)25(23-15-7-5-12-20(17)23)24-16-8-10-18-9-2-3-13-21(18)24/h2-4,6,8-16H,5,7H2,1H3. The van der Waals surface area contributed by atoms with E-state index in [0.717, 1.165) is 12.8 Å². The number of fused-ring (bicyclic) bond motifs is 3. The average Bonchev–Trinajstić information content (AvgIpc) is 2.68. The monoisotopic (exact) mass is 320 g/mol. The van der Waals surface area contributed by atoms with Crippen molar-refractivity contribution in [3.63, 3.8) is 0 Å². The topological polar surface area (TPSA) is 0 Å². The molecule has 0 nitrogen and oxygen atoms in total. The molecule has 1 aliphatic rings. The molecule has 0 atom stereocenters. The van der Waals surface area contributed by atoms with Crippen LogP contribution in [-0.2, 0) is 0 Å². The summed E-state index contributed by atoms with van der Waals surface area (Å²) in [4.78, 5) is 0. The summed E-state index contributed by atoms with van der Waals surface area (Å²) in [6.45, 7) is 2.27. The van der Waals surface area contributed by atoms with Gasteiger partial charge in [-0.1, -0.05) is 78.9 Å². The van der Waals surface area contributed by atoms with E-state index in [4.69, 9.17) is 0 Å². The van der Waals surface area contributed by atoms with Crippen LogP contribution in [0.2, 0.25) is 0 Å². The molecule has 4 aromatic rings. The molecule has 0 amide bonds. The van der Waals surface area contributed by atoms with Crippen LogP contribution in [0.15, 0.2) is 66.7 Å². The summed E-state index contributed by atoms with van der Waals surface area (Å²) in [5.41, 5.74) is 4.14. The van der Waals surface area contributed by atoms with E-state index in [1.807, 2.05) is 0 Å². The van der Waals surface area contributed by atoms with Gasteiger partial charge in [0.05, 0.1) is 0 Å². The van der Waals surface area contributed by atoms with Gasteiger partial charge in [0.15, 0.2) is 0 Å². The molecule has 25 heavy (non-hydrogen) atoms. The molecule has 4 aromatic carbocycles. The first-order chi connectivity index (χ1) is 12.3. The highest BCUT2D eigenvalue weighted by atomic mass is 14.2. The third kappa shape index (κ3) is 2.14. The molecule has 0 heterocycles. The summed E-state index contributed by atoms with van der Waals surface area (Å²) in [5.74, 6) is 0. The van der Waals surface area contributed by atoms with Crippen molar-refractivity contribution in [2.75, 3.05) is 0 Å². The van der Waals surface area contributed by atoms with Crippen molar-refractivity contribution in [3.8, 4) is 11.1 Å². The normalized spacial score (nSPS) is 13.3. The second kappa shape index (κ2) is 5.60. The van der Waals surface area contributed by atoms with E-state index >= 15 is 0 Å². The fraction of sp³-hybridized carbons (Fsp3) is 0.120. The molecular formula is C25H20. The Kier molecular flexibility index (Phi) is 3.24. The van der Waals surface area contributed by atoms with Crippen LogP contribution < -0.4 is 10.4 Å². The molecule has 0 unspecified atom stereocenters. The predicted molar refractivity (Wildman–Crippen MR) is 109 cm³/mol. The molecule has 0 radical (unpaired) electrons. The van der Waals surface area contributed by atoms with Gasteiger partial charge in [-0.25, -0.2) is 0 Å². The zero-order valence-corrected chi connectivity index (χ0v) is 14.4. The van der Waals surface area contributed by atoms with Gasteiger partial charge in [-0.2, -0.15) is 0 Å². The fourth-order valence-electron chi connectivity index (χ4n) is 4.32. The quantitative estimate of drug-likeness (QED) is 0.445. The molecule has 0 aromatic heterocycles. The van der Waals surface area contributed by atoms with Gasteiger partial charge in [0, 0.05) is 0 Å². The zero-order chi connectivity index (χ0) is 16.8. The lowest BCUT2D eigenvalue weighted by atomic mass is 9.87. The van der Waals surface area contributed by atoms with Gasteiger partial charge in [-0.05, 0) is 68.4 Å². The summed E-state index contributed by atoms with van der Waals surface area (Å²) >= 11 is 0. The van der Waals surface area contributed by atoms with Crippen LogP contribution >= 0.6 is 0 Å². The van der Waals surface area contributed by atoms with E-state index in [2.05, 4.69) is 85.8 Å². The number of benzene rings is 4. The molecular weight excluding hydrogens is 300 g/mol. The minimum atomic E-state index is 1.13. The Morgan fingerprint density at radius 3 is 2.08 bits per heavy atom. The molecule has 0 fully saturated rings. The Bertz CT molecular complexity index is 1240. The number of aryl methyl sites for hydroxylation is 1. The molecule has 0 heteroatoms. The van der Waals surface area contributed by atoms with Gasteiger partial charge in [0.1, 0.15) is 0 Å². The van der Waals surface area contributed by atoms with Crippen LogP contribution in [0.25, 0.3) is 44.8 Å². The lowest BCUT2D eigenvalue weighted by Crippen LogP contribution is -2.31. The first kappa shape index (κ1) is 14.5. The van der Waals surface area contributed by atoms with Crippen LogP contribution in [0.5, 0.6) is 0 Å². The highest BCUT2D eigenvalue weighted by Gasteiger charge is 2.13. The molecule has 0 N–H and O–H groups in total. The molecule has 120 valence electrons. The first-order valence-corrected chi connectivity index (χ1v) is 9.04. The Labute approximate surface area is 147 Å². The fourth-order valence-corrected chi connectivity index (χ4v) is 4.32. The molecule has 0 bridgehead atoms. The third-order valence-corrected chi connectivity index (χ3v) is 5.49. The third-order valence-electron chi connectivity index (χ3n) is 5.49. The largest absolute Gasteiger partial charge is 0.0761 e. The van der Waals surface area contributed by atoms with Crippen molar-refractivity contribution in [1.29, 1.82) is 0 Å². The lowest BCUT2D eigenvalue weighted by molar-refractivity contribution is 1.11. The van der Waals surface area contributed by atoms with Gasteiger partial charge in [0.2, 0.25) is 0 Å². The van der Waals surface area contributed by atoms with Crippen molar-refractivity contribution < 1.29 is 0 Å². The molecule has 5 rings (SSSR count). The van der Waals surface area contributed by atoms with Crippen LogP contribution in [0.3, 0.4) is 0 Å². The van der Waals surface area contributed by atoms with Gasteiger partial charge in [-0.3, -0.25) is 0 Å². The highest BCUT2D eigenvalue weighted by molar-refractivity contribution is 6.06. The second-order valence-corrected chi connectivity index (χ2v) is 6.89. The minimum Gasteiger partial charge on any atom is -0.0761 e. The summed E-state index contributed by atoms with van der Waals surface area (Å²) in [5, 5.41) is 8.21. The summed E-state index contributed by atoms with van der Waals surface area (Å²) in [7, 11) is 0. The van der Waals surface area contributed by atoms with Gasteiger partial charge in [0.25, 0.3) is 0 Å². The number of rotatable bonds is 1. The maximum Gasteiger partial charge on any atom is -0.00237 e. The summed E-state index contributed by atoms with van der Waals surface area (Å²) in [6.07, 6.45) is 7.13. The molecule has 0 saturated carbocycles. The van der Waals surface area contributed by atoms with E-state index in [0.29, 0.717) is 0 Å². The zero-order valence-electron chi connectivity index (χ0n) is 14.4. The Morgan fingerprint density at radius 2 is 1.24 bits per heavy atom. The van der Waals surface area contributed by atoms with Crippen LogP contribution in [0.4, 0.5) is 0 Å². The molecule has 0 spiro atoms. The second-order valence-electron chi connectivity index (χ2n) is 6.89. The number of hydrogen-bond acceptors (Lipinski definition) is 0. The van der Waals surface area contributed by atoms with Crippen molar-refractivity contribution in [1.82, 2.24) is 0 Å².